The average Bonchev–Trinajstić information content (AvgIpc) is 3.20. The Morgan fingerprint density at radius 2 is 1.75 bits per heavy atom. The molecular weight excluding hydrogens is 350 g/mol. The Bertz CT molecular complexity index is 535. The highest BCUT2D eigenvalue weighted by atomic mass is 16.2. The molecule has 2 N–H and O–H groups in total. The quantitative estimate of drug-likeness (QED) is 0.559. The third kappa shape index (κ3) is 5.19. The lowest BCUT2D eigenvalue weighted by Crippen LogP contribution is -2.59. The summed E-state index contributed by atoms with van der Waals surface area (Å²) in [6.07, 6.45) is 11.7. The molecule has 1 aliphatic carbocycles. The zero-order chi connectivity index (χ0) is 20.0. The molecule has 28 heavy (non-hydrogen) atoms. The maximum atomic E-state index is 12.2. The molecule has 3 aliphatic rings. The topological polar surface area (TPSA) is 60.0 Å². The molecule has 2 aliphatic heterocycles. The van der Waals surface area contributed by atoms with Crippen LogP contribution in [0.5, 0.6) is 0 Å². The molecule has 6 nitrogen and oxygen atoms in total. The lowest BCUT2D eigenvalue weighted by atomic mass is 9.79. The molecule has 1 unspecified atom stereocenters. The van der Waals surface area contributed by atoms with Crippen molar-refractivity contribution in [2.45, 2.75) is 83.2 Å². The summed E-state index contributed by atoms with van der Waals surface area (Å²) in [6, 6.07) is 0.297. The Morgan fingerprint density at radius 3 is 2.39 bits per heavy atom. The number of amides is 1. The van der Waals surface area contributed by atoms with E-state index in [1.165, 1.54) is 64.5 Å². The number of hydrogen-bond donors (Lipinski definition) is 2. The third-order valence-electron chi connectivity index (χ3n) is 6.95. The van der Waals surface area contributed by atoms with Crippen LogP contribution in [0.15, 0.2) is 4.99 Å². The Kier molecular flexibility index (Phi) is 7.61. The van der Waals surface area contributed by atoms with E-state index in [-0.39, 0.29) is 11.8 Å². The van der Waals surface area contributed by atoms with Crippen molar-refractivity contribution in [1.82, 2.24) is 20.4 Å². The van der Waals surface area contributed by atoms with Crippen LogP contribution in [0, 0.1) is 5.92 Å². The molecular formula is C22H41N5O. The summed E-state index contributed by atoms with van der Waals surface area (Å²) in [4.78, 5) is 21.5. The number of carbonyl (C=O) groups is 1. The number of nitrogens with one attached hydrogen (secondary N) is 2. The number of aliphatic imine (C=N–C) groups is 1. The van der Waals surface area contributed by atoms with E-state index in [2.05, 4.69) is 20.5 Å². The molecule has 160 valence electrons. The van der Waals surface area contributed by atoms with Crippen LogP contribution >= 0.6 is 0 Å². The second-order valence-corrected chi connectivity index (χ2v) is 9.33. The van der Waals surface area contributed by atoms with Crippen LogP contribution < -0.4 is 10.6 Å². The summed E-state index contributed by atoms with van der Waals surface area (Å²) in [5, 5.41) is 7.24. The number of piperidine rings is 1. The van der Waals surface area contributed by atoms with Crippen molar-refractivity contribution in [2.24, 2.45) is 10.9 Å². The number of likely N-dealkylation sites (tertiary alicyclic amines) is 2. The zero-order valence-electron chi connectivity index (χ0n) is 18.3. The van der Waals surface area contributed by atoms with Gasteiger partial charge in [-0.05, 0) is 45.2 Å². The first-order chi connectivity index (χ1) is 13.5. The minimum Gasteiger partial charge on any atom is -0.355 e. The summed E-state index contributed by atoms with van der Waals surface area (Å²) < 4.78 is 0. The van der Waals surface area contributed by atoms with Gasteiger partial charge in [-0.1, -0.05) is 39.5 Å². The minimum atomic E-state index is 0.0758. The van der Waals surface area contributed by atoms with Crippen molar-refractivity contribution in [3.63, 3.8) is 0 Å². The number of guanidine groups is 1. The second-order valence-electron chi connectivity index (χ2n) is 9.33. The monoisotopic (exact) mass is 391 g/mol. The Hall–Kier alpha value is -1.30. The lowest BCUT2D eigenvalue weighted by molar-refractivity contribution is -0.133. The summed E-state index contributed by atoms with van der Waals surface area (Å²) in [6.45, 7) is 9.08. The number of rotatable bonds is 5. The summed E-state index contributed by atoms with van der Waals surface area (Å²) in [5.74, 6) is 1.23. The van der Waals surface area contributed by atoms with Crippen molar-refractivity contribution in [3.05, 3.63) is 0 Å². The predicted octanol–water partition coefficient (Wildman–Crippen LogP) is 2.60. The van der Waals surface area contributed by atoms with Crippen molar-refractivity contribution >= 4 is 11.9 Å². The number of nitrogens with zero attached hydrogens (tertiary/aromatic N) is 3. The molecule has 3 fully saturated rings. The Balaban J connectivity index is 1.54. The van der Waals surface area contributed by atoms with E-state index in [1.807, 2.05) is 25.8 Å². The van der Waals surface area contributed by atoms with Crippen LogP contribution in [0.3, 0.4) is 0 Å². The summed E-state index contributed by atoms with van der Waals surface area (Å²) >= 11 is 0. The van der Waals surface area contributed by atoms with Gasteiger partial charge in [0.15, 0.2) is 5.96 Å². The molecule has 2 heterocycles. The van der Waals surface area contributed by atoms with Gasteiger partial charge in [0.25, 0.3) is 0 Å². The van der Waals surface area contributed by atoms with Crippen LogP contribution in [0.25, 0.3) is 0 Å². The molecule has 2 saturated heterocycles. The van der Waals surface area contributed by atoms with Gasteiger partial charge in [-0.2, -0.15) is 0 Å². The Labute approximate surface area is 171 Å². The van der Waals surface area contributed by atoms with Crippen LogP contribution in [-0.4, -0.2) is 73.0 Å². The third-order valence-corrected chi connectivity index (χ3v) is 6.95. The highest BCUT2D eigenvalue weighted by Crippen LogP contribution is 2.35. The van der Waals surface area contributed by atoms with Gasteiger partial charge in [-0.3, -0.25) is 14.7 Å². The van der Waals surface area contributed by atoms with E-state index in [1.54, 1.807) is 0 Å². The maximum absolute atomic E-state index is 12.2. The van der Waals surface area contributed by atoms with Gasteiger partial charge in [0.05, 0.1) is 0 Å². The molecule has 1 amide bonds. The minimum absolute atomic E-state index is 0.0758. The first kappa shape index (κ1) is 21.4. The fourth-order valence-corrected chi connectivity index (χ4v) is 5.26. The molecule has 1 saturated carbocycles. The predicted molar refractivity (Wildman–Crippen MR) is 116 cm³/mol. The van der Waals surface area contributed by atoms with Crippen molar-refractivity contribution in [3.8, 4) is 0 Å². The van der Waals surface area contributed by atoms with Gasteiger partial charge in [0, 0.05) is 44.2 Å². The van der Waals surface area contributed by atoms with Gasteiger partial charge in [-0.25, -0.2) is 0 Å². The molecule has 0 aromatic heterocycles. The Morgan fingerprint density at radius 1 is 1.07 bits per heavy atom. The van der Waals surface area contributed by atoms with Crippen LogP contribution in [0.2, 0.25) is 0 Å². The number of hydrogen-bond acceptors (Lipinski definition) is 3. The largest absolute Gasteiger partial charge is 0.355 e. The molecule has 0 bridgehead atoms. The fourth-order valence-electron chi connectivity index (χ4n) is 5.26. The van der Waals surface area contributed by atoms with E-state index < -0.39 is 0 Å². The fraction of sp³-hybridized carbons (Fsp3) is 0.909. The SMILES string of the molecule is CN=C(NCC1(N2CCCCC2)CCCCC1)NC1CCN(C(=O)C(C)C)C1. The number of carbonyl (C=O) groups excluding carboxylic acids is 1. The molecule has 0 aromatic rings. The van der Waals surface area contributed by atoms with E-state index in [9.17, 15) is 4.79 Å². The first-order valence-corrected chi connectivity index (χ1v) is 11.5. The molecule has 0 spiro atoms. The van der Waals surface area contributed by atoms with E-state index in [0.717, 1.165) is 32.0 Å². The molecule has 0 radical (unpaired) electrons. The second kappa shape index (κ2) is 9.95. The van der Waals surface area contributed by atoms with Crippen molar-refractivity contribution in [2.75, 3.05) is 39.8 Å². The molecule has 6 heteroatoms. The van der Waals surface area contributed by atoms with Crippen LogP contribution in [-0.2, 0) is 4.79 Å². The summed E-state index contributed by atoms with van der Waals surface area (Å²) in [7, 11) is 1.86. The normalized spacial score (nSPS) is 26.5. The van der Waals surface area contributed by atoms with Gasteiger partial charge in [0.1, 0.15) is 0 Å². The average molecular weight is 392 g/mol. The van der Waals surface area contributed by atoms with Crippen molar-refractivity contribution < 1.29 is 4.79 Å². The standard InChI is InChI=1S/C22H41N5O/c1-18(2)20(28)26-15-10-19(16-26)25-21(23-3)24-17-22(11-6-4-7-12-22)27-13-8-5-9-14-27/h18-19H,4-17H2,1-3H3,(H2,23,24,25). The van der Waals surface area contributed by atoms with E-state index in [4.69, 9.17) is 0 Å². The summed E-state index contributed by atoms with van der Waals surface area (Å²) in [5.41, 5.74) is 0.297. The van der Waals surface area contributed by atoms with Crippen LogP contribution in [0.1, 0.15) is 71.6 Å². The van der Waals surface area contributed by atoms with Gasteiger partial charge in [-0.15, -0.1) is 0 Å². The molecule has 3 rings (SSSR count). The molecule has 1 atom stereocenters. The maximum Gasteiger partial charge on any atom is 0.225 e. The van der Waals surface area contributed by atoms with E-state index >= 15 is 0 Å². The van der Waals surface area contributed by atoms with Gasteiger partial charge < -0.3 is 15.5 Å². The van der Waals surface area contributed by atoms with Gasteiger partial charge >= 0.3 is 0 Å². The lowest BCUT2D eigenvalue weighted by Gasteiger charge is -2.48. The zero-order valence-corrected chi connectivity index (χ0v) is 18.3. The van der Waals surface area contributed by atoms with E-state index in [0.29, 0.717) is 11.6 Å². The molecule has 0 aromatic carbocycles. The smallest absolute Gasteiger partial charge is 0.225 e. The van der Waals surface area contributed by atoms with Gasteiger partial charge in [0.2, 0.25) is 5.91 Å². The van der Waals surface area contributed by atoms with Crippen molar-refractivity contribution in [1.29, 1.82) is 0 Å². The highest BCUT2D eigenvalue weighted by Gasteiger charge is 2.38. The first-order valence-electron chi connectivity index (χ1n) is 11.5. The highest BCUT2D eigenvalue weighted by molar-refractivity contribution is 5.81. The van der Waals surface area contributed by atoms with Crippen LogP contribution in [0.4, 0.5) is 0 Å².